The number of likely N-dealkylation sites (tertiary alicyclic amines) is 1. The van der Waals surface area contributed by atoms with Crippen molar-refractivity contribution >= 4 is 11.9 Å². The number of ether oxygens (including phenoxy) is 2. The van der Waals surface area contributed by atoms with Gasteiger partial charge in [0.2, 0.25) is 5.91 Å². The Hall–Kier alpha value is -2.44. The molecular formula is C19H30N4O3. The van der Waals surface area contributed by atoms with E-state index >= 15 is 0 Å². The Morgan fingerprint density at radius 1 is 1.35 bits per heavy atom. The van der Waals surface area contributed by atoms with Gasteiger partial charge in [-0.1, -0.05) is 0 Å². The minimum Gasteiger partial charge on any atom is -0.497 e. The highest BCUT2D eigenvalue weighted by molar-refractivity contribution is 5.80. The number of methoxy groups -OCH3 is 1. The van der Waals surface area contributed by atoms with Gasteiger partial charge in [-0.15, -0.1) is 0 Å². The molecule has 1 saturated heterocycles. The first-order valence-electron chi connectivity index (χ1n) is 9.13. The fourth-order valence-electron chi connectivity index (χ4n) is 3.18. The minimum atomic E-state index is -0.226. The van der Waals surface area contributed by atoms with Gasteiger partial charge in [0, 0.05) is 33.1 Å². The Balaban J connectivity index is 1.68. The van der Waals surface area contributed by atoms with E-state index in [2.05, 4.69) is 15.2 Å². The molecule has 0 radical (unpaired) electrons. The maximum Gasteiger partial charge on any atom is 0.217 e. The van der Waals surface area contributed by atoms with Crippen LogP contribution in [0.5, 0.6) is 11.5 Å². The molecular weight excluding hydrogens is 332 g/mol. The summed E-state index contributed by atoms with van der Waals surface area (Å²) >= 11 is 0. The third-order valence-electron chi connectivity index (χ3n) is 4.45. The van der Waals surface area contributed by atoms with E-state index in [1.165, 1.54) is 0 Å². The molecule has 26 heavy (non-hydrogen) atoms. The number of hydrogen-bond acceptors (Lipinski definition) is 4. The van der Waals surface area contributed by atoms with E-state index in [1.54, 1.807) is 14.2 Å². The lowest BCUT2D eigenvalue weighted by molar-refractivity contribution is -0.119. The highest BCUT2D eigenvalue weighted by Gasteiger charge is 2.23. The van der Waals surface area contributed by atoms with Crippen LogP contribution in [0.4, 0.5) is 0 Å². The third kappa shape index (κ3) is 6.46. The van der Waals surface area contributed by atoms with E-state index in [0.717, 1.165) is 56.4 Å². The van der Waals surface area contributed by atoms with Gasteiger partial charge in [0.15, 0.2) is 5.96 Å². The predicted molar refractivity (Wildman–Crippen MR) is 103 cm³/mol. The van der Waals surface area contributed by atoms with Gasteiger partial charge in [-0.3, -0.25) is 9.79 Å². The van der Waals surface area contributed by atoms with Crippen molar-refractivity contribution in [3.8, 4) is 11.5 Å². The van der Waals surface area contributed by atoms with Crippen LogP contribution in [0.1, 0.15) is 25.7 Å². The van der Waals surface area contributed by atoms with E-state index in [9.17, 15) is 4.79 Å². The molecule has 0 aliphatic carbocycles. The first-order chi connectivity index (χ1) is 12.6. The van der Waals surface area contributed by atoms with E-state index in [4.69, 9.17) is 15.2 Å². The average Bonchev–Trinajstić information content (AvgIpc) is 2.65. The van der Waals surface area contributed by atoms with E-state index in [1.807, 2.05) is 24.3 Å². The zero-order valence-electron chi connectivity index (χ0n) is 15.7. The lowest BCUT2D eigenvalue weighted by Gasteiger charge is -2.34. The maximum absolute atomic E-state index is 11.1. The van der Waals surface area contributed by atoms with Crippen molar-refractivity contribution < 1.29 is 14.3 Å². The second-order valence-corrected chi connectivity index (χ2v) is 6.48. The van der Waals surface area contributed by atoms with E-state index in [0.29, 0.717) is 18.9 Å². The minimum absolute atomic E-state index is 0.226. The van der Waals surface area contributed by atoms with Crippen LogP contribution in [0.25, 0.3) is 0 Å². The number of amides is 1. The number of aliphatic imine (C=N–C) groups is 1. The number of carbonyl (C=O) groups is 1. The Labute approximate surface area is 155 Å². The van der Waals surface area contributed by atoms with Gasteiger partial charge >= 0.3 is 0 Å². The van der Waals surface area contributed by atoms with Crippen LogP contribution < -0.4 is 20.5 Å². The molecule has 144 valence electrons. The number of hydrogen-bond donors (Lipinski definition) is 2. The Kier molecular flexibility index (Phi) is 8.05. The van der Waals surface area contributed by atoms with Crippen molar-refractivity contribution in [1.82, 2.24) is 10.2 Å². The Morgan fingerprint density at radius 3 is 2.73 bits per heavy atom. The smallest absolute Gasteiger partial charge is 0.217 e. The first-order valence-corrected chi connectivity index (χ1v) is 9.13. The summed E-state index contributed by atoms with van der Waals surface area (Å²) < 4.78 is 10.9. The molecule has 1 aliphatic heterocycles. The summed E-state index contributed by atoms with van der Waals surface area (Å²) in [7, 11) is 3.43. The van der Waals surface area contributed by atoms with Gasteiger partial charge in [-0.05, 0) is 49.4 Å². The van der Waals surface area contributed by atoms with Crippen LogP contribution in [0.3, 0.4) is 0 Å². The molecule has 0 saturated carbocycles. The van der Waals surface area contributed by atoms with Gasteiger partial charge in [0.05, 0.1) is 13.7 Å². The molecule has 1 fully saturated rings. The predicted octanol–water partition coefficient (Wildman–Crippen LogP) is 1.63. The van der Waals surface area contributed by atoms with Crippen molar-refractivity contribution in [3.05, 3.63) is 24.3 Å². The topological polar surface area (TPSA) is 89.2 Å². The largest absolute Gasteiger partial charge is 0.497 e. The SMILES string of the molecule is CN=C(NCCCOc1ccc(OC)cc1)N1CCCC(CC(N)=O)C1. The zero-order chi connectivity index (χ0) is 18.8. The molecule has 7 heteroatoms. The summed E-state index contributed by atoms with van der Waals surface area (Å²) in [6, 6.07) is 7.57. The van der Waals surface area contributed by atoms with E-state index < -0.39 is 0 Å². The molecule has 1 atom stereocenters. The van der Waals surface area contributed by atoms with Crippen molar-refractivity contribution in [2.24, 2.45) is 16.6 Å². The fraction of sp³-hybridized carbons (Fsp3) is 0.579. The summed E-state index contributed by atoms with van der Waals surface area (Å²) in [5.41, 5.74) is 5.33. The summed E-state index contributed by atoms with van der Waals surface area (Å²) in [6.07, 6.45) is 3.41. The zero-order valence-corrected chi connectivity index (χ0v) is 15.7. The van der Waals surface area contributed by atoms with Crippen LogP contribution in [0.15, 0.2) is 29.3 Å². The van der Waals surface area contributed by atoms with Crippen molar-refractivity contribution in [2.45, 2.75) is 25.7 Å². The Morgan fingerprint density at radius 2 is 2.08 bits per heavy atom. The van der Waals surface area contributed by atoms with Crippen LogP contribution in [0.2, 0.25) is 0 Å². The second kappa shape index (κ2) is 10.5. The van der Waals surface area contributed by atoms with Crippen LogP contribution in [-0.2, 0) is 4.79 Å². The van der Waals surface area contributed by atoms with Gasteiger partial charge in [0.1, 0.15) is 11.5 Å². The van der Waals surface area contributed by atoms with Crippen molar-refractivity contribution in [3.63, 3.8) is 0 Å². The highest BCUT2D eigenvalue weighted by Crippen LogP contribution is 2.19. The quantitative estimate of drug-likeness (QED) is 0.417. The normalized spacial score (nSPS) is 17.7. The van der Waals surface area contributed by atoms with Gasteiger partial charge in [-0.25, -0.2) is 0 Å². The molecule has 2 rings (SSSR count). The van der Waals surface area contributed by atoms with E-state index in [-0.39, 0.29) is 5.91 Å². The van der Waals surface area contributed by atoms with Crippen molar-refractivity contribution in [2.75, 3.05) is 40.4 Å². The number of piperidine rings is 1. The average molecular weight is 362 g/mol. The Bertz CT molecular complexity index is 589. The number of nitrogens with two attached hydrogens (primary N) is 1. The van der Waals surface area contributed by atoms with Gasteiger partial charge in [0.25, 0.3) is 0 Å². The standard InChI is InChI=1S/C19H30N4O3/c1-21-19(23-11-3-5-15(14-23)13-18(20)24)22-10-4-12-26-17-8-6-16(25-2)7-9-17/h6-9,15H,3-5,10-14H2,1-2H3,(H2,20,24)(H,21,22). The number of carbonyl (C=O) groups excluding carboxylic acids is 1. The number of benzene rings is 1. The number of nitrogens with one attached hydrogen (secondary N) is 1. The highest BCUT2D eigenvalue weighted by atomic mass is 16.5. The molecule has 0 aromatic heterocycles. The molecule has 3 N–H and O–H groups in total. The first kappa shape index (κ1) is 19.9. The molecule has 1 aliphatic rings. The molecule has 7 nitrogen and oxygen atoms in total. The number of rotatable bonds is 8. The number of primary amides is 1. The van der Waals surface area contributed by atoms with Crippen LogP contribution in [-0.4, -0.2) is 57.2 Å². The van der Waals surface area contributed by atoms with Crippen LogP contribution in [0, 0.1) is 5.92 Å². The molecule has 1 unspecified atom stereocenters. The lowest BCUT2D eigenvalue weighted by atomic mass is 9.95. The summed E-state index contributed by atoms with van der Waals surface area (Å²) in [5, 5.41) is 3.38. The second-order valence-electron chi connectivity index (χ2n) is 6.48. The van der Waals surface area contributed by atoms with Gasteiger partial charge < -0.3 is 25.4 Å². The lowest BCUT2D eigenvalue weighted by Crippen LogP contribution is -2.47. The molecule has 1 amide bonds. The molecule has 0 spiro atoms. The summed E-state index contributed by atoms with van der Waals surface area (Å²) in [4.78, 5) is 17.7. The maximum atomic E-state index is 11.1. The monoisotopic (exact) mass is 362 g/mol. The van der Waals surface area contributed by atoms with Crippen molar-refractivity contribution in [1.29, 1.82) is 0 Å². The summed E-state index contributed by atoms with van der Waals surface area (Å²) in [5.74, 6) is 2.62. The molecule has 1 aromatic rings. The number of nitrogens with zero attached hydrogens (tertiary/aromatic N) is 2. The van der Waals surface area contributed by atoms with Gasteiger partial charge in [-0.2, -0.15) is 0 Å². The van der Waals surface area contributed by atoms with Crippen LogP contribution >= 0.6 is 0 Å². The summed E-state index contributed by atoms with van der Waals surface area (Å²) in [6.45, 7) is 3.18. The molecule has 0 bridgehead atoms. The molecule has 1 heterocycles. The fourth-order valence-corrected chi connectivity index (χ4v) is 3.18. The third-order valence-corrected chi connectivity index (χ3v) is 4.45. The number of guanidine groups is 1. The molecule has 1 aromatic carbocycles.